The molecule has 0 saturated heterocycles. The summed E-state index contributed by atoms with van der Waals surface area (Å²) in [5.74, 6) is 1.22. The molecule has 2 aromatic rings. The van der Waals surface area contributed by atoms with Crippen LogP contribution in [0.1, 0.15) is 29.6 Å². The van der Waals surface area contributed by atoms with Crippen LogP contribution in [0.4, 0.5) is 0 Å². The average molecular weight is 300 g/mol. The first kappa shape index (κ1) is 13.7. The normalized spacial score (nSPS) is 30.1. The number of carbonyl (C=O) groups excluding carboxylic acids is 1. The molecule has 1 aromatic heterocycles. The first-order valence-electron chi connectivity index (χ1n) is 7.88. The van der Waals surface area contributed by atoms with Gasteiger partial charge in [-0.2, -0.15) is 0 Å². The van der Waals surface area contributed by atoms with Crippen molar-refractivity contribution in [3.8, 4) is 0 Å². The number of benzene rings is 1. The molecule has 6 heteroatoms. The minimum atomic E-state index is -0.0800. The molecule has 0 spiro atoms. The summed E-state index contributed by atoms with van der Waals surface area (Å²) in [5.41, 5.74) is 2.24. The molecule has 2 fully saturated rings. The molecular formula is C16H20N4O2. The van der Waals surface area contributed by atoms with Crippen molar-refractivity contribution >= 4 is 16.9 Å². The van der Waals surface area contributed by atoms with Gasteiger partial charge in [0, 0.05) is 31.2 Å². The topological polar surface area (TPSA) is 80.0 Å². The highest BCUT2D eigenvalue weighted by Crippen LogP contribution is 2.48. The van der Waals surface area contributed by atoms with Crippen molar-refractivity contribution in [1.29, 1.82) is 0 Å². The Bertz CT molecular complexity index is 726. The SMILES string of the molecule is Cn1nnc2cc(C(=O)NC3C4CCC(C4)C3CO)ccc21. The van der Waals surface area contributed by atoms with Crippen molar-refractivity contribution in [2.45, 2.75) is 25.3 Å². The average Bonchev–Trinajstić information content (AvgIpc) is 3.22. The number of fused-ring (bicyclic) bond motifs is 3. The maximum atomic E-state index is 12.5. The minimum Gasteiger partial charge on any atom is -0.396 e. The van der Waals surface area contributed by atoms with E-state index in [0.717, 1.165) is 23.9 Å². The Kier molecular flexibility index (Phi) is 3.14. The molecule has 2 aliphatic rings. The zero-order chi connectivity index (χ0) is 15.3. The zero-order valence-corrected chi connectivity index (χ0v) is 12.6. The van der Waals surface area contributed by atoms with E-state index in [4.69, 9.17) is 0 Å². The molecule has 1 aromatic carbocycles. The van der Waals surface area contributed by atoms with Crippen LogP contribution in [0.3, 0.4) is 0 Å². The van der Waals surface area contributed by atoms with Crippen LogP contribution in [0.15, 0.2) is 18.2 Å². The summed E-state index contributed by atoms with van der Waals surface area (Å²) in [6.07, 6.45) is 3.49. The number of nitrogens with zero attached hydrogens (tertiary/aromatic N) is 3. The maximum Gasteiger partial charge on any atom is 0.251 e. The van der Waals surface area contributed by atoms with Crippen molar-refractivity contribution in [1.82, 2.24) is 20.3 Å². The lowest BCUT2D eigenvalue weighted by Gasteiger charge is -2.30. The molecule has 2 aliphatic carbocycles. The molecule has 1 amide bonds. The third kappa shape index (κ3) is 2.01. The molecule has 4 unspecified atom stereocenters. The molecule has 4 rings (SSSR count). The number of aromatic nitrogens is 3. The Hall–Kier alpha value is -1.95. The van der Waals surface area contributed by atoms with Crippen LogP contribution in [0.2, 0.25) is 0 Å². The Morgan fingerprint density at radius 3 is 3.05 bits per heavy atom. The predicted molar refractivity (Wildman–Crippen MR) is 81.2 cm³/mol. The minimum absolute atomic E-state index is 0.0800. The number of aryl methyl sites for hydroxylation is 1. The number of nitrogens with one attached hydrogen (secondary N) is 1. The lowest BCUT2D eigenvalue weighted by atomic mass is 9.85. The predicted octanol–water partition coefficient (Wildman–Crippen LogP) is 1.11. The van der Waals surface area contributed by atoms with Gasteiger partial charge in [0.1, 0.15) is 5.52 Å². The smallest absolute Gasteiger partial charge is 0.251 e. The summed E-state index contributed by atoms with van der Waals surface area (Å²) >= 11 is 0. The number of amides is 1. The largest absolute Gasteiger partial charge is 0.396 e. The van der Waals surface area contributed by atoms with E-state index < -0.39 is 0 Å². The van der Waals surface area contributed by atoms with Gasteiger partial charge in [0.2, 0.25) is 0 Å². The van der Waals surface area contributed by atoms with E-state index in [-0.39, 0.29) is 24.5 Å². The summed E-state index contributed by atoms with van der Waals surface area (Å²) in [6, 6.07) is 5.56. The Labute approximate surface area is 128 Å². The Morgan fingerprint density at radius 2 is 2.23 bits per heavy atom. The van der Waals surface area contributed by atoms with Crippen LogP contribution in [0.5, 0.6) is 0 Å². The molecule has 22 heavy (non-hydrogen) atoms. The molecule has 4 atom stereocenters. The van der Waals surface area contributed by atoms with E-state index in [0.29, 0.717) is 17.4 Å². The summed E-state index contributed by atoms with van der Waals surface area (Å²) < 4.78 is 1.69. The van der Waals surface area contributed by atoms with Gasteiger partial charge in [-0.05, 0) is 49.3 Å². The number of aliphatic hydroxyl groups is 1. The van der Waals surface area contributed by atoms with Crippen molar-refractivity contribution in [2.75, 3.05) is 6.61 Å². The molecule has 116 valence electrons. The van der Waals surface area contributed by atoms with Crippen LogP contribution >= 0.6 is 0 Å². The second-order valence-electron chi connectivity index (χ2n) is 6.60. The first-order chi connectivity index (χ1) is 10.7. The van der Waals surface area contributed by atoms with Gasteiger partial charge in [-0.1, -0.05) is 5.21 Å². The van der Waals surface area contributed by atoms with Gasteiger partial charge in [0.15, 0.2) is 0 Å². The first-order valence-corrected chi connectivity index (χ1v) is 7.88. The van der Waals surface area contributed by atoms with Crippen molar-refractivity contribution in [2.24, 2.45) is 24.8 Å². The van der Waals surface area contributed by atoms with Crippen molar-refractivity contribution in [3.05, 3.63) is 23.8 Å². The van der Waals surface area contributed by atoms with Crippen LogP contribution in [0.25, 0.3) is 11.0 Å². The summed E-state index contributed by atoms with van der Waals surface area (Å²) in [6.45, 7) is 0.162. The molecule has 2 bridgehead atoms. The van der Waals surface area contributed by atoms with Crippen LogP contribution < -0.4 is 5.32 Å². The van der Waals surface area contributed by atoms with E-state index in [9.17, 15) is 9.90 Å². The van der Waals surface area contributed by atoms with E-state index in [1.165, 1.54) is 6.42 Å². The van der Waals surface area contributed by atoms with Gasteiger partial charge < -0.3 is 10.4 Å². The quantitative estimate of drug-likeness (QED) is 0.889. The van der Waals surface area contributed by atoms with Gasteiger partial charge in [-0.25, -0.2) is 4.68 Å². The van der Waals surface area contributed by atoms with E-state index in [1.54, 1.807) is 10.7 Å². The van der Waals surface area contributed by atoms with Crippen molar-refractivity contribution in [3.63, 3.8) is 0 Å². The monoisotopic (exact) mass is 300 g/mol. The molecule has 2 N–H and O–H groups in total. The fraction of sp³-hybridized carbons (Fsp3) is 0.562. The van der Waals surface area contributed by atoms with E-state index in [2.05, 4.69) is 15.6 Å². The number of hydrogen-bond donors (Lipinski definition) is 2. The van der Waals surface area contributed by atoms with E-state index in [1.807, 2.05) is 19.2 Å². The highest BCUT2D eigenvalue weighted by atomic mass is 16.3. The number of carbonyl (C=O) groups is 1. The third-order valence-electron chi connectivity index (χ3n) is 5.47. The molecule has 0 aliphatic heterocycles. The lowest BCUT2D eigenvalue weighted by molar-refractivity contribution is 0.0861. The number of hydrogen-bond acceptors (Lipinski definition) is 4. The van der Waals surface area contributed by atoms with Gasteiger partial charge in [-0.15, -0.1) is 5.10 Å². The second-order valence-corrected chi connectivity index (χ2v) is 6.60. The third-order valence-corrected chi connectivity index (χ3v) is 5.47. The fourth-order valence-corrected chi connectivity index (χ4v) is 4.31. The van der Waals surface area contributed by atoms with Crippen molar-refractivity contribution < 1.29 is 9.90 Å². The molecular weight excluding hydrogens is 280 g/mol. The zero-order valence-electron chi connectivity index (χ0n) is 12.6. The van der Waals surface area contributed by atoms with Gasteiger partial charge in [-0.3, -0.25) is 4.79 Å². The van der Waals surface area contributed by atoms with Crippen LogP contribution in [-0.2, 0) is 7.05 Å². The number of aliphatic hydroxyl groups excluding tert-OH is 1. The van der Waals surface area contributed by atoms with Crippen LogP contribution in [-0.4, -0.2) is 38.7 Å². The van der Waals surface area contributed by atoms with Crippen LogP contribution in [0, 0.1) is 17.8 Å². The molecule has 0 radical (unpaired) electrons. The number of rotatable bonds is 3. The maximum absolute atomic E-state index is 12.5. The summed E-state index contributed by atoms with van der Waals surface area (Å²) in [7, 11) is 1.83. The highest BCUT2D eigenvalue weighted by molar-refractivity contribution is 5.97. The van der Waals surface area contributed by atoms with Gasteiger partial charge >= 0.3 is 0 Å². The second kappa shape index (κ2) is 5.05. The standard InChI is InChI=1S/C16H20N4O2/c1-20-14-5-4-11(7-13(14)18-19-20)16(22)17-15-10-3-2-9(6-10)12(15)8-21/h4-5,7,9-10,12,15,21H,2-3,6,8H2,1H3,(H,17,22). The van der Waals surface area contributed by atoms with Gasteiger partial charge in [0.05, 0.1) is 5.52 Å². The molecule has 2 saturated carbocycles. The fourth-order valence-electron chi connectivity index (χ4n) is 4.31. The Balaban J connectivity index is 1.55. The highest BCUT2D eigenvalue weighted by Gasteiger charge is 2.47. The Morgan fingerprint density at radius 1 is 1.41 bits per heavy atom. The lowest BCUT2D eigenvalue weighted by Crippen LogP contribution is -2.45. The summed E-state index contributed by atoms with van der Waals surface area (Å²) in [5, 5.41) is 20.8. The van der Waals surface area contributed by atoms with E-state index >= 15 is 0 Å². The molecule has 1 heterocycles. The molecule has 6 nitrogen and oxygen atoms in total. The van der Waals surface area contributed by atoms with Gasteiger partial charge in [0.25, 0.3) is 5.91 Å². The summed E-state index contributed by atoms with van der Waals surface area (Å²) in [4.78, 5) is 12.5.